The van der Waals surface area contributed by atoms with Gasteiger partial charge in [0.2, 0.25) is 0 Å². The molecule has 0 aromatic heterocycles. The van der Waals surface area contributed by atoms with Gasteiger partial charge in [-0.25, -0.2) is 4.79 Å². The van der Waals surface area contributed by atoms with E-state index in [1.54, 1.807) is 25.7 Å². The maximum Gasteiger partial charge on any atom is 0.410 e. The average Bonchev–Trinajstić information content (AvgIpc) is 2.16. The van der Waals surface area contributed by atoms with Crippen LogP contribution in [0.25, 0.3) is 0 Å². The van der Waals surface area contributed by atoms with Crippen LogP contribution in [-0.2, 0) is 15.0 Å². The number of hydrogen-bond donors (Lipinski definition) is 0. The molecule has 112 valence electrons. The monoisotopic (exact) mass is 295 g/mol. The summed E-state index contributed by atoms with van der Waals surface area (Å²) < 4.78 is 39.3. The molecule has 1 fully saturated rings. The summed E-state index contributed by atoms with van der Waals surface area (Å²) in [6.07, 6.45) is 0.0738. The van der Waals surface area contributed by atoms with E-state index in [9.17, 15) is 17.1 Å². The summed E-state index contributed by atoms with van der Waals surface area (Å²) in [5, 5.41) is 0. The largest absolute Gasteiger partial charge is 0.444 e. The number of halogens is 1. The van der Waals surface area contributed by atoms with Crippen molar-refractivity contribution in [1.82, 2.24) is 4.90 Å². The van der Waals surface area contributed by atoms with Gasteiger partial charge >= 0.3 is 16.3 Å². The van der Waals surface area contributed by atoms with E-state index < -0.39 is 27.7 Å². The number of likely N-dealkylation sites (tertiary alicyclic amines) is 1. The minimum atomic E-state index is -4.46. The first-order valence-electron chi connectivity index (χ1n) is 6.38. The number of nitrogens with zero attached hydrogens (tertiary/aromatic N) is 1. The normalized spacial score (nSPS) is 25.2. The van der Waals surface area contributed by atoms with Gasteiger partial charge in [0.25, 0.3) is 0 Å². The molecule has 19 heavy (non-hydrogen) atoms. The highest BCUT2D eigenvalue weighted by Crippen LogP contribution is 2.26. The van der Waals surface area contributed by atoms with Gasteiger partial charge in [0.05, 0.1) is 5.75 Å². The number of rotatable bonds is 2. The number of carbonyl (C=O) groups excluding carboxylic acids is 1. The first kappa shape index (κ1) is 16.2. The number of piperidine rings is 1. The Morgan fingerprint density at radius 2 is 2.00 bits per heavy atom. The Kier molecular flexibility index (Phi) is 4.81. The Morgan fingerprint density at radius 3 is 2.42 bits per heavy atom. The van der Waals surface area contributed by atoms with Gasteiger partial charge in [-0.05, 0) is 39.0 Å². The van der Waals surface area contributed by atoms with Crippen molar-refractivity contribution in [3.8, 4) is 0 Å². The van der Waals surface area contributed by atoms with Crippen LogP contribution < -0.4 is 0 Å². The molecule has 0 radical (unpaired) electrons. The molecule has 5 nitrogen and oxygen atoms in total. The van der Waals surface area contributed by atoms with Crippen LogP contribution in [-0.4, -0.2) is 43.9 Å². The molecule has 0 aromatic rings. The lowest BCUT2D eigenvalue weighted by Crippen LogP contribution is -2.46. The molecule has 0 N–H and O–H groups in total. The zero-order valence-electron chi connectivity index (χ0n) is 11.8. The lowest BCUT2D eigenvalue weighted by atomic mass is 9.89. The van der Waals surface area contributed by atoms with Gasteiger partial charge in [-0.2, -0.15) is 8.42 Å². The second-order valence-corrected chi connectivity index (χ2v) is 7.57. The number of ether oxygens (including phenoxy) is 1. The third-order valence-electron chi connectivity index (χ3n) is 3.15. The average molecular weight is 295 g/mol. The fourth-order valence-corrected chi connectivity index (χ4v) is 3.20. The molecular weight excluding hydrogens is 273 g/mol. The van der Waals surface area contributed by atoms with E-state index in [0.717, 1.165) is 0 Å². The highest BCUT2D eigenvalue weighted by atomic mass is 32.3. The Morgan fingerprint density at radius 1 is 1.42 bits per heavy atom. The van der Waals surface area contributed by atoms with Crippen LogP contribution in [0.3, 0.4) is 0 Å². The molecule has 2 unspecified atom stereocenters. The smallest absolute Gasteiger partial charge is 0.410 e. The van der Waals surface area contributed by atoms with Crippen LogP contribution in [0.15, 0.2) is 0 Å². The number of amides is 1. The van der Waals surface area contributed by atoms with Gasteiger partial charge in [-0.15, -0.1) is 3.89 Å². The molecular formula is C12H22FNO4S. The van der Waals surface area contributed by atoms with Crippen LogP contribution >= 0.6 is 0 Å². The van der Waals surface area contributed by atoms with E-state index in [1.807, 2.05) is 6.92 Å². The maximum atomic E-state index is 12.7. The Bertz CT molecular complexity index is 430. The summed E-state index contributed by atoms with van der Waals surface area (Å²) in [7, 11) is -4.46. The van der Waals surface area contributed by atoms with Gasteiger partial charge in [0.1, 0.15) is 5.60 Å². The zero-order chi connectivity index (χ0) is 14.8. The molecule has 1 heterocycles. The standard InChI is InChI=1S/C12H22FNO4S/c1-9-7-14(11(15)18-12(2,3)4)6-5-10(9)8-19(13,16)17/h9-10H,5-8H2,1-4H3. The molecule has 1 saturated heterocycles. The van der Waals surface area contributed by atoms with Crippen molar-refractivity contribution < 1.29 is 21.8 Å². The van der Waals surface area contributed by atoms with E-state index in [4.69, 9.17) is 4.74 Å². The van der Waals surface area contributed by atoms with Crippen LogP contribution in [0.5, 0.6) is 0 Å². The second-order valence-electron chi connectivity index (χ2n) is 6.16. The van der Waals surface area contributed by atoms with E-state index in [0.29, 0.717) is 19.5 Å². The topological polar surface area (TPSA) is 63.7 Å². The molecule has 1 aliphatic heterocycles. The van der Waals surface area contributed by atoms with Crippen LogP contribution in [0, 0.1) is 11.8 Å². The molecule has 0 spiro atoms. The van der Waals surface area contributed by atoms with Crippen molar-refractivity contribution in [2.24, 2.45) is 11.8 Å². The third-order valence-corrected chi connectivity index (χ3v) is 3.97. The molecule has 1 aliphatic rings. The number of hydrogen-bond acceptors (Lipinski definition) is 4. The summed E-state index contributed by atoms with van der Waals surface area (Å²) in [5.41, 5.74) is -0.556. The molecule has 2 atom stereocenters. The van der Waals surface area contributed by atoms with E-state index in [1.165, 1.54) is 0 Å². The summed E-state index contributed by atoms with van der Waals surface area (Å²) in [5.74, 6) is -0.767. The minimum Gasteiger partial charge on any atom is -0.444 e. The predicted octanol–water partition coefficient (Wildman–Crippen LogP) is 2.18. The predicted molar refractivity (Wildman–Crippen MR) is 70.0 cm³/mol. The quantitative estimate of drug-likeness (QED) is 0.732. The van der Waals surface area contributed by atoms with Crippen molar-refractivity contribution in [3.63, 3.8) is 0 Å². The fourth-order valence-electron chi connectivity index (χ4n) is 2.19. The summed E-state index contributed by atoms with van der Waals surface area (Å²) in [4.78, 5) is 13.4. The second kappa shape index (κ2) is 5.64. The molecule has 0 saturated carbocycles. The lowest BCUT2D eigenvalue weighted by molar-refractivity contribution is 0.0129. The maximum absolute atomic E-state index is 12.7. The summed E-state index contributed by atoms with van der Waals surface area (Å²) in [6, 6.07) is 0. The first-order chi connectivity index (χ1) is 8.48. The van der Waals surface area contributed by atoms with Crippen molar-refractivity contribution in [1.29, 1.82) is 0 Å². The highest BCUT2D eigenvalue weighted by Gasteiger charge is 2.33. The van der Waals surface area contributed by atoms with Gasteiger partial charge in [-0.1, -0.05) is 6.92 Å². The number of carbonyl (C=O) groups is 1. The zero-order valence-corrected chi connectivity index (χ0v) is 12.7. The molecule has 7 heteroatoms. The van der Waals surface area contributed by atoms with Crippen molar-refractivity contribution in [2.45, 2.75) is 39.7 Å². The third kappa shape index (κ3) is 5.76. The minimum absolute atomic E-state index is 0.0632. The summed E-state index contributed by atoms with van der Waals surface area (Å²) in [6.45, 7) is 7.99. The van der Waals surface area contributed by atoms with E-state index >= 15 is 0 Å². The van der Waals surface area contributed by atoms with Gasteiger partial charge in [0.15, 0.2) is 0 Å². The highest BCUT2D eigenvalue weighted by molar-refractivity contribution is 7.86. The van der Waals surface area contributed by atoms with Gasteiger partial charge in [-0.3, -0.25) is 0 Å². The van der Waals surface area contributed by atoms with Gasteiger partial charge in [0, 0.05) is 13.1 Å². The Balaban J connectivity index is 2.56. The lowest BCUT2D eigenvalue weighted by Gasteiger charge is -2.37. The van der Waals surface area contributed by atoms with Crippen LogP contribution in [0.4, 0.5) is 8.68 Å². The van der Waals surface area contributed by atoms with Crippen molar-refractivity contribution in [2.75, 3.05) is 18.8 Å². The van der Waals surface area contributed by atoms with Crippen LogP contribution in [0.2, 0.25) is 0 Å². The van der Waals surface area contributed by atoms with Crippen molar-refractivity contribution in [3.05, 3.63) is 0 Å². The Hall–Kier alpha value is -0.850. The molecule has 0 aromatic carbocycles. The SMILES string of the molecule is CC1CN(C(=O)OC(C)(C)C)CCC1CS(=O)(=O)F. The summed E-state index contributed by atoms with van der Waals surface area (Å²) >= 11 is 0. The fraction of sp³-hybridized carbons (Fsp3) is 0.917. The van der Waals surface area contributed by atoms with Crippen LogP contribution in [0.1, 0.15) is 34.1 Å². The molecule has 1 amide bonds. The van der Waals surface area contributed by atoms with E-state index in [-0.39, 0.29) is 11.8 Å². The Labute approximate surface area is 114 Å². The first-order valence-corrected chi connectivity index (χ1v) is 7.93. The van der Waals surface area contributed by atoms with E-state index in [2.05, 4.69) is 0 Å². The van der Waals surface area contributed by atoms with Crippen molar-refractivity contribution >= 4 is 16.3 Å². The molecule has 0 aliphatic carbocycles. The van der Waals surface area contributed by atoms with Gasteiger partial charge < -0.3 is 9.64 Å². The molecule has 1 rings (SSSR count). The molecule has 0 bridgehead atoms.